The van der Waals surface area contributed by atoms with E-state index in [-0.39, 0.29) is 28.9 Å². The maximum Gasteiger partial charge on any atom is 0.349 e. The SMILES string of the molecule is C=C(OCC)c1nc(OC)c(C(=O)OC)c(Oc2ccccc2)n1. The minimum Gasteiger partial charge on any atom is -0.491 e. The van der Waals surface area contributed by atoms with Gasteiger partial charge in [-0.1, -0.05) is 24.8 Å². The van der Waals surface area contributed by atoms with Crippen molar-refractivity contribution in [3.63, 3.8) is 0 Å². The number of hydrogen-bond acceptors (Lipinski definition) is 7. The summed E-state index contributed by atoms with van der Waals surface area (Å²) in [5.41, 5.74) is -0.0168. The van der Waals surface area contributed by atoms with Gasteiger partial charge in [-0.25, -0.2) is 4.79 Å². The average Bonchev–Trinajstić information content (AvgIpc) is 2.61. The van der Waals surface area contributed by atoms with Crippen LogP contribution in [0.15, 0.2) is 36.9 Å². The lowest BCUT2D eigenvalue weighted by Gasteiger charge is -2.14. The van der Waals surface area contributed by atoms with E-state index < -0.39 is 5.97 Å². The average molecular weight is 330 g/mol. The van der Waals surface area contributed by atoms with Crippen LogP contribution in [0.4, 0.5) is 0 Å². The second-order valence-corrected chi connectivity index (χ2v) is 4.50. The van der Waals surface area contributed by atoms with Gasteiger partial charge in [0.15, 0.2) is 11.3 Å². The van der Waals surface area contributed by atoms with Gasteiger partial charge in [0.1, 0.15) is 5.75 Å². The van der Waals surface area contributed by atoms with Gasteiger partial charge < -0.3 is 18.9 Å². The Hall–Kier alpha value is -3.09. The molecule has 0 atom stereocenters. The number of carbonyl (C=O) groups is 1. The highest BCUT2D eigenvalue weighted by molar-refractivity contribution is 5.94. The lowest BCUT2D eigenvalue weighted by molar-refractivity contribution is 0.0592. The first kappa shape index (κ1) is 17.3. The Morgan fingerprint density at radius 3 is 2.38 bits per heavy atom. The highest BCUT2D eigenvalue weighted by Gasteiger charge is 2.25. The molecule has 0 bridgehead atoms. The molecule has 1 aromatic carbocycles. The summed E-state index contributed by atoms with van der Waals surface area (Å²) in [5, 5.41) is 0. The van der Waals surface area contributed by atoms with Crippen molar-refractivity contribution in [3.8, 4) is 17.5 Å². The normalized spacial score (nSPS) is 9.96. The summed E-state index contributed by atoms with van der Waals surface area (Å²) < 4.78 is 21.0. The topological polar surface area (TPSA) is 79.8 Å². The molecule has 1 heterocycles. The number of benzene rings is 1. The van der Waals surface area contributed by atoms with Crippen molar-refractivity contribution < 1.29 is 23.7 Å². The molecule has 0 unspecified atom stereocenters. The van der Waals surface area contributed by atoms with E-state index in [1.807, 2.05) is 13.0 Å². The van der Waals surface area contributed by atoms with Gasteiger partial charge in [0.2, 0.25) is 17.6 Å². The summed E-state index contributed by atoms with van der Waals surface area (Å²) in [6.45, 7) is 5.97. The molecule has 24 heavy (non-hydrogen) atoms. The van der Waals surface area contributed by atoms with Gasteiger partial charge in [0.05, 0.1) is 20.8 Å². The number of nitrogens with zero attached hydrogens (tertiary/aromatic N) is 2. The third kappa shape index (κ3) is 3.81. The first-order valence-corrected chi connectivity index (χ1v) is 7.20. The molecule has 0 amide bonds. The molecule has 0 spiro atoms. The first-order valence-electron chi connectivity index (χ1n) is 7.20. The zero-order valence-corrected chi connectivity index (χ0v) is 13.7. The van der Waals surface area contributed by atoms with Crippen LogP contribution in [0, 0.1) is 0 Å². The van der Waals surface area contributed by atoms with Crippen LogP contribution in [-0.4, -0.2) is 36.8 Å². The van der Waals surface area contributed by atoms with E-state index in [0.717, 1.165) is 0 Å². The molecular formula is C17H18N2O5. The number of hydrogen-bond donors (Lipinski definition) is 0. The monoisotopic (exact) mass is 330 g/mol. The fourth-order valence-electron chi connectivity index (χ4n) is 1.88. The van der Waals surface area contributed by atoms with E-state index in [1.165, 1.54) is 14.2 Å². The third-order valence-electron chi connectivity index (χ3n) is 2.95. The van der Waals surface area contributed by atoms with Gasteiger partial charge in [-0.2, -0.15) is 9.97 Å². The van der Waals surface area contributed by atoms with Crippen LogP contribution in [0.3, 0.4) is 0 Å². The number of ether oxygens (including phenoxy) is 4. The summed E-state index contributed by atoms with van der Waals surface area (Å²) in [4.78, 5) is 20.5. The molecule has 7 heteroatoms. The summed E-state index contributed by atoms with van der Waals surface area (Å²) >= 11 is 0. The lowest BCUT2D eigenvalue weighted by atomic mass is 10.3. The zero-order valence-electron chi connectivity index (χ0n) is 13.7. The van der Waals surface area contributed by atoms with Crippen LogP contribution < -0.4 is 9.47 Å². The highest BCUT2D eigenvalue weighted by atomic mass is 16.5. The molecule has 0 N–H and O–H groups in total. The van der Waals surface area contributed by atoms with E-state index in [0.29, 0.717) is 12.4 Å². The molecule has 126 valence electrons. The van der Waals surface area contributed by atoms with Gasteiger partial charge >= 0.3 is 5.97 Å². The van der Waals surface area contributed by atoms with Gasteiger partial charge in [-0.15, -0.1) is 0 Å². The number of aromatic nitrogens is 2. The van der Waals surface area contributed by atoms with E-state index >= 15 is 0 Å². The lowest BCUT2D eigenvalue weighted by Crippen LogP contribution is -2.12. The Bertz CT molecular complexity index is 731. The molecule has 2 rings (SSSR count). The molecule has 0 fully saturated rings. The van der Waals surface area contributed by atoms with E-state index in [9.17, 15) is 4.79 Å². The Morgan fingerprint density at radius 2 is 1.79 bits per heavy atom. The molecule has 0 radical (unpaired) electrons. The second-order valence-electron chi connectivity index (χ2n) is 4.50. The maximum atomic E-state index is 12.1. The number of para-hydroxylation sites is 1. The predicted molar refractivity (Wildman–Crippen MR) is 87.1 cm³/mol. The molecule has 7 nitrogen and oxygen atoms in total. The molecule has 2 aromatic rings. The summed E-state index contributed by atoms with van der Waals surface area (Å²) in [6, 6.07) is 8.90. The molecule has 0 aliphatic rings. The standard InChI is InChI=1S/C17H18N2O5/c1-5-23-11(2)14-18-15(21-3)13(17(20)22-4)16(19-14)24-12-9-7-6-8-10-12/h6-10H,2,5H2,1,3-4H3. The maximum absolute atomic E-state index is 12.1. The van der Waals surface area contributed by atoms with Crippen molar-refractivity contribution in [1.82, 2.24) is 9.97 Å². The van der Waals surface area contributed by atoms with Crippen LogP contribution in [0.1, 0.15) is 23.1 Å². The predicted octanol–water partition coefficient (Wildman–Crippen LogP) is 3.07. The smallest absolute Gasteiger partial charge is 0.349 e. The van der Waals surface area contributed by atoms with Gasteiger partial charge in [0.25, 0.3) is 0 Å². The minimum atomic E-state index is -0.675. The largest absolute Gasteiger partial charge is 0.491 e. The Morgan fingerprint density at radius 1 is 1.12 bits per heavy atom. The fourth-order valence-corrected chi connectivity index (χ4v) is 1.88. The van der Waals surface area contributed by atoms with E-state index in [1.54, 1.807) is 24.3 Å². The van der Waals surface area contributed by atoms with Crippen molar-refractivity contribution in [2.45, 2.75) is 6.92 Å². The second kappa shape index (κ2) is 7.96. The van der Waals surface area contributed by atoms with Crippen molar-refractivity contribution in [1.29, 1.82) is 0 Å². The Labute approximate surface area is 139 Å². The quantitative estimate of drug-likeness (QED) is 0.570. The number of methoxy groups -OCH3 is 2. The molecule has 0 saturated carbocycles. The van der Waals surface area contributed by atoms with Gasteiger partial charge in [-0.3, -0.25) is 0 Å². The van der Waals surface area contributed by atoms with Crippen LogP contribution in [-0.2, 0) is 9.47 Å². The zero-order chi connectivity index (χ0) is 17.5. The molecule has 0 aliphatic carbocycles. The summed E-state index contributed by atoms with van der Waals surface area (Å²) in [5.74, 6) is 0.231. The van der Waals surface area contributed by atoms with Crippen molar-refractivity contribution in [2.24, 2.45) is 0 Å². The van der Waals surface area contributed by atoms with Gasteiger partial charge in [-0.05, 0) is 19.1 Å². The third-order valence-corrected chi connectivity index (χ3v) is 2.95. The van der Waals surface area contributed by atoms with Gasteiger partial charge in [0, 0.05) is 0 Å². The van der Waals surface area contributed by atoms with Crippen LogP contribution in [0.2, 0.25) is 0 Å². The minimum absolute atomic E-state index is 0.00393. The Kier molecular flexibility index (Phi) is 5.73. The van der Waals surface area contributed by atoms with Crippen molar-refractivity contribution in [2.75, 3.05) is 20.8 Å². The highest BCUT2D eigenvalue weighted by Crippen LogP contribution is 2.31. The van der Waals surface area contributed by atoms with E-state index in [2.05, 4.69) is 16.5 Å². The van der Waals surface area contributed by atoms with Crippen molar-refractivity contribution >= 4 is 11.7 Å². The summed E-state index contributed by atoms with van der Waals surface area (Å²) in [6.07, 6.45) is 0. The fraction of sp³-hybridized carbons (Fsp3) is 0.235. The molecular weight excluding hydrogens is 312 g/mol. The Balaban J connectivity index is 2.55. The van der Waals surface area contributed by atoms with Crippen LogP contribution >= 0.6 is 0 Å². The molecule has 0 aliphatic heterocycles. The number of rotatable bonds is 7. The summed E-state index contributed by atoms with van der Waals surface area (Å²) in [7, 11) is 2.63. The molecule has 0 saturated heterocycles. The van der Waals surface area contributed by atoms with Crippen LogP contribution in [0.5, 0.6) is 17.5 Å². The number of carbonyl (C=O) groups excluding carboxylic acids is 1. The van der Waals surface area contributed by atoms with E-state index in [4.69, 9.17) is 18.9 Å². The first-order chi connectivity index (χ1) is 11.6. The molecule has 1 aromatic heterocycles. The van der Waals surface area contributed by atoms with Crippen LogP contribution in [0.25, 0.3) is 5.76 Å². The van der Waals surface area contributed by atoms with Crippen molar-refractivity contribution in [3.05, 3.63) is 48.3 Å². The number of esters is 1.